The highest BCUT2D eigenvalue weighted by Gasteiger charge is 2.13. The first kappa shape index (κ1) is 19.3. The molecule has 0 radical (unpaired) electrons. The predicted octanol–water partition coefficient (Wildman–Crippen LogP) is 7.93. The van der Waals surface area contributed by atoms with Crippen LogP contribution in [-0.4, -0.2) is 0 Å². The van der Waals surface area contributed by atoms with E-state index >= 15 is 4.39 Å². The molecule has 29 heavy (non-hydrogen) atoms. The van der Waals surface area contributed by atoms with Crippen molar-refractivity contribution in [3.8, 4) is 22.3 Å². The summed E-state index contributed by atoms with van der Waals surface area (Å²) in [6, 6.07) is 19.7. The molecule has 0 fully saturated rings. The molecule has 4 rings (SSSR count). The lowest BCUT2D eigenvalue weighted by molar-refractivity contribution is 0.625. The van der Waals surface area contributed by atoms with Crippen molar-refractivity contribution in [2.24, 2.45) is 0 Å². The highest BCUT2D eigenvalue weighted by Crippen LogP contribution is 2.33. The Balaban J connectivity index is 1.71. The molecular formula is C26H21F3. The molecular weight excluding hydrogens is 369 g/mol. The van der Waals surface area contributed by atoms with Crippen LogP contribution in [0.15, 0.2) is 72.8 Å². The van der Waals surface area contributed by atoms with E-state index in [-0.39, 0.29) is 11.6 Å². The lowest BCUT2D eigenvalue weighted by Gasteiger charge is -2.11. The van der Waals surface area contributed by atoms with Gasteiger partial charge in [-0.15, -0.1) is 0 Å². The standard InChI is InChI=1S/C26H21F3/c1-2-3-4-17-5-12-23-19(15-17)9-14-24(26(23)29)20-8-13-22(25(28)16-20)18-6-10-21(27)11-7-18/h5-16H,2-4H2,1H3. The van der Waals surface area contributed by atoms with Crippen molar-refractivity contribution < 1.29 is 13.2 Å². The summed E-state index contributed by atoms with van der Waals surface area (Å²) in [5, 5.41) is 1.38. The summed E-state index contributed by atoms with van der Waals surface area (Å²) < 4.78 is 43.0. The van der Waals surface area contributed by atoms with E-state index in [2.05, 4.69) is 6.92 Å². The van der Waals surface area contributed by atoms with Crippen LogP contribution in [0.3, 0.4) is 0 Å². The molecule has 0 heterocycles. The molecule has 0 unspecified atom stereocenters. The smallest absolute Gasteiger partial charge is 0.138 e. The van der Waals surface area contributed by atoms with Gasteiger partial charge in [0, 0.05) is 16.5 Å². The van der Waals surface area contributed by atoms with Crippen molar-refractivity contribution in [2.45, 2.75) is 26.2 Å². The van der Waals surface area contributed by atoms with Crippen LogP contribution >= 0.6 is 0 Å². The normalized spacial score (nSPS) is 11.2. The first-order valence-electron chi connectivity index (χ1n) is 9.84. The van der Waals surface area contributed by atoms with Crippen molar-refractivity contribution in [2.75, 3.05) is 0 Å². The fraction of sp³-hybridized carbons (Fsp3) is 0.154. The van der Waals surface area contributed by atoms with Gasteiger partial charge in [0.25, 0.3) is 0 Å². The fourth-order valence-electron chi connectivity index (χ4n) is 3.65. The van der Waals surface area contributed by atoms with Gasteiger partial charge in [0.15, 0.2) is 0 Å². The van der Waals surface area contributed by atoms with E-state index in [0.717, 1.165) is 24.6 Å². The van der Waals surface area contributed by atoms with Gasteiger partial charge in [0.05, 0.1) is 0 Å². The Morgan fingerprint density at radius 3 is 2.14 bits per heavy atom. The second kappa shape index (κ2) is 8.12. The highest BCUT2D eigenvalue weighted by atomic mass is 19.1. The van der Waals surface area contributed by atoms with Crippen molar-refractivity contribution in [3.63, 3.8) is 0 Å². The van der Waals surface area contributed by atoms with Gasteiger partial charge >= 0.3 is 0 Å². The van der Waals surface area contributed by atoms with Gasteiger partial charge in [0.1, 0.15) is 17.5 Å². The third-order valence-corrected chi connectivity index (χ3v) is 5.27. The minimum Gasteiger partial charge on any atom is -0.207 e. The lowest BCUT2D eigenvalue weighted by atomic mass is 9.96. The minimum absolute atomic E-state index is 0.349. The molecule has 0 N–H and O–H groups in total. The summed E-state index contributed by atoms with van der Waals surface area (Å²) in [7, 11) is 0. The summed E-state index contributed by atoms with van der Waals surface area (Å²) >= 11 is 0. The van der Waals surface area contributed by atoms with E-state index in [1.807, 2.05) is 24.3 Å². The predicted molar refractivity (Wildman–Crippen MR) is 113 cm³/mol. The van der Waals surface area contributed by atoms with Crippen molar-refractivity contribution >= 4 is 10.8 Å². The van der Waals surface area contributed by atoms with E-state index in [9.17, 15) is 8.78 Å². The number of hydrogen-bond donors (Lipinski definition) is 0. The number of rotatable bonds is 5. The van der Waals surface area contributed by atoms with E-state index in [0.29, 0.717) is 27.6 Å². The monoisotopic (exact) mass is 390 g/mol. The molecule has 0 saturated carbocycles. The second-order valence-electron chi connectivity index (χ2n) is 7.29. The highest BCUT2D eigenvalue weighted by molar-refractivity contribution is 5.89. The topological polar surface area (TPSA) is 0 Å². The number of hydrogen-bond acceptors (Lipinski definition) is 0. The number of aryl methyl sites for hydroxylation is 1. The molecule has 0 aliphatic carbocycles. The third-order valence-electron chi connectivity index (χ3n) is 5.27. The first-order valence-corrected chi connectivity index (χ1v) is 9.84. The molecule has 3 heteroatoms. The average Bonchev–Trinajstić information content (AvgIpc) is 2.73. The van der Waals surface area contributed by atoms with Gasteiger partial charge in [-0.25, -0.2) is 13.2 Å². The van der Waals surface area contributed by atoms with Crippen LogP contribution in [-0.2, 0) is 6.42 Å². The number of unbranched alkanes of at least 4 members (excludes halogenated alkanes) is 1. The summed E-state index contributed by atoms with van der Waals surface area (Å²) in [6.45, 7) is 2.15. The summed E-state index contributed by atoms with van der Waals surface area (Å²) in [5.41, 5.74) is 2.97. The number of halogens is 3. The maximum Gasteiger partial charge on any atom is 0.138 e. The van der Waals surface area contributed by atoms with Gasteiger partial charge in [0.2, 0.25) is 0 Å². The van der Waals surface area contributed by atoms with Crippen LogP contribution in [0, 0.1) is 17.5 Å². The molecule has 0 bridgehead atoms. The molecule has 0 aromatic heterocycles. The zero-order valence-electron chi connectivity index (χ0n) is 16.2. The first-order chi connectivity index (χ1) is 14.1. The maximum atomic E-state index is 15.2. The zero-order chi connectivity index (χ0) is 20.4. The number of fused-ring (bicyclic) bond motifs is 1. The van der Waals surface area contributed by atoms with E-state index in [1.165, 1.54) is 35.9 Å². The van der Waals surface area contributed by atoms with Crippen LogP contribution in [0.25, 0.3) is 33.0 Å². The van der Waals surface area contributed by atoms with Crippen LogP contribution < -0.4 is 0 Å². The van der Waals surface area contributed by atoms with Gasteiger partial charge in [-0.1, -0.05) is 67.9 Å². The van der Waals surface area contributed by atoms with E-state index in [4.69, 9.17) is 0 Å². The lowest BCUT2D eigenvalue weighted by Crippen LogP contribution is -1.92. The third kappa shape index (κ3) is 3.91. The SMILES string of the molecule is CCCCc1ccc2c(F)c(-c3ccc(-c4ccc(F)cc4)c(F)c3)ccc2c1. The Morgan fingerprint density at radius 2 is 1.41 bits per heavy atom. The largest absolute Gasteiger partial charge is 0.207 e. The van der Waals surface area contributed by atoms with Gasteiger partial charge in [-0.3, -0.25) is 0 Å². The molecule has 0 saturated heterocycles. The van der Waals surface area contributed by atoms with Gasteiger partial charge in [-0.2, -0.15) is 0 Å². The minimum atomic E-state index is -0.469. The quantitative estimate of drug-likeness (QED) is 0.324. The molecule has 146 valence electrons. The van der Waals surface area contributed by atoms with Gasteiger partial charge < -0.3 is 0 Å². The summed E-state index contributed by atoms with van der Waals surface area (Å²) in [6.07, 6.45) is 3.20. The maximum absolute atomic E-state index is 15.2. The second-order valence-corrected chi connectivity index (χ2v) is 7.29. The van der Waals surface area contributed by atoms with Gasteiger partial charge in [-0.05, 0) is 53.1 Å². The van der Waals surface area contributed by atoms with Crippen molar-refractivity contribution in [1.82, 2.24) is 0 Å². The van der Waals surface area contributed by atoms with E-state index < -0.39 is 5.82 Å². The molecule has 4 aromatic carbocycles. The average molecular weight is 390 g/mol. The van der Waals surface area contributed by atoms with Crippen molar-refractivity contribution in [3.05, 3.63) is 95.8 Å². The molecule has 0 amide bonds. The number of benzene rings is 4. The molecule has 0 aliphatic rings. The Bertz CT molecular complexity index is 1160. The van der Waals surface area contributed by atoms with Crippen LogP contribution in [0.1, 0.15) is 25.3 Å². The van der Waals surface area contributed by atoms with Crippen molar-refractivity contribution in [1.29, 1.82) is 0 Å². The molecule has 0 nitrogen and oxygen atoms in total. The fourth-order valence-corrected chi connectivity index (χ4v) is 3.65. The van der Waals surface area contributed by atoms with Crippen LogP contribution in [0.2, 0.25) is 0 Å². The van der Waals surface area contributed by atoms with Crippen LogP contribution in [0.5, 0.6) is 0 Å². The van der Waals surface area contributed by atoms with E-state index in [1.54, 1.807) is 18.2 Å². The van der Waals surface area contributed by atoms with Crippen LogP contribution in [0.4, 0.5) is 13.2 Å². The Morgan fingerprint density at radius 1 is 0.690 bits per heavy atom. The summed E-state index contributed by atoms with van der Waals surface area (Å²) in [5.74, 6) is -1.19. The summed E-state index contributed by atoms with van der Waals surface area (Å²) in [4.78, 5) is 0. The molecule has 0 aliphatic heterocycles. The molecule has 4 aromatic rings. The zero-order valence-corrected chi connectivity index (χ0v) is 16.2. The Kier molecular flexibility index (Phi) is 5.39. The Hall–Kier alpha value is -3.07. The molecule has 0 spiro atoms. The Labute approximate surface area is 168 Å². The molecule has 0 atom stereocenters.